The number of amides is 2. The van der Waals surface area contributed by atoms with Crippen LogP contribution in [-0.2, 0) is 10.0 Å². The Bertz CT molecular complexity index is 748. The molecule has 0 aromatic rings. The highest BCUT2D eigenvalue weighted by Gasteiger charge is 2.36. The zero-order valence-electron chi connectivity index (χ0n) is 18.4. The number of hydrogen-bond acceptors (Lipinski definition) is 4. The van der Waals surface area contributed by atoms with Crippen molar-refractivity contribution in [1.82, 2.24) is 14.5 Å². The van der Waals surface area contributed by atoms with E-state index in [-0.39, 0.29) is 23.9 Å². The van der Waals surface area contributed by atoms with Crippen molar-refractivity contribution in [3.8, 4) is 0 Å². The highest BCUT2D eigenvalue weighted by atomic mass is 32.2. The molecule has 3 rings (SSSR count). The Balaban J connectivity index is 1.73. The second kappa shape index (κ2) is 11.0. The van der Waals surface area contributed by atoms with Gasteiger partial charge in [-0.2, -0.15) is 0 Å². The van der Waals surface area contributed by atoms with Crippen molar-refractivity contribution in [2.24, 2.45) is 0 Å². The molecule has 0 unspecified atom stereocenters. The van der Waals surface area contributed by atoms with Gasteiger partial charge in [-0.3, -0.25) is 0 Å². The largest absolute Gasteiger partial charge is 0.322 e. The first-order chi connectivity index (χ1) is 14.4. The molecule has 0 aromatic heterocycles. The van der Waals surface area contributed by atoms with Gasteiger partial charge in [0.25, 0.3) is 0 Å². The number of nitrogens with zero attached hydrogens (tertiary/aromatic N) is 2. The Morgan fingerprint density at radius 3 is 2.30 bits per heavy atom. The molecule has 0 radical (unpaired) electrons. The lowest BCUT2D eigenvalue weighted by molar-refractivity contribution is 0.109. The van der Waals surface area contributed by atoms with E-state index in [4.69, 9.17) is 0 Å². The minimum Gasteiger partial charge on any atom is -0.318 e. The molecule has 30 heavy (non-hydrogen) atoms. The third-order valence-corrected chi connectivity index (χ3v) is 9.32. The second-order valence-corrected chi connectivity index (χ2v) is 12.1. The fourth-order valence-electron chi connectivity index (χ4n) is 4.75. The van der Waals surface area contributed by atoms with Gasteiger partial charge in [-0.25, -0.2) is 17.5 Å². The summed E-state index contributed by atoms with van der Waals surface area (Å²) >= 11 is 1.63. The summed E-state index contributed by atoms with van der Waals surface area (Å²) in [6, 6.07) is 0.344. The molecule has 1 saturated carbocycles. The molecule has 6 nitrogen and oxygen atoms in total. The van der Waals surface area contributed by atoms with Crippen LogP contribution in [0, 0.1) is 0 Å². The Labute approximate surface area is 186 Å². The van der Waals surface area contributed by atoms with E-state index in [2.05, 4.69) is 29.3 Å². The van der Waals surface area contributed by atoms with E-state index in [9.17, 15) is 13.2 Å². The first kappa shape index (κ1) is 23.7. The maximum absolute atomic E-state index is 13.5. The van der Waals surface area contributed by atoms with Gasteiger partial charge in [-0.15, -0.1) is 0 Å². The number of sulfonamides is 1. The van der Waals surface area contributed by atoms with E-state index in [1.54, 1.807) is 23.0 Å². The fourth-order valence-corrected chi connectivity index (χ4v) is 6.77. The number of carbonyl (C=O) groups is 1. The topological polar surface area (TPSA) is 69.7 Å². The maximum atomic E-state index is 13.5. The van der Waals surface area contributed by atoms with Crippen LogP contribution in [0.25, 0.3) is 0 Å². The van der Waals surface area contributed by atoms with E-state index in [0.29, 0.717) is 25.9 Å². The van der Waals surface area contributed by atoms with Crippen molar-refractivity contribution in [1.29, 1.82) is 0 Å². The number of nitrogens with one attached hydrogen (secondary N) is 1. The van der Waals surface area contributed by atoms with Gasteiger partial charge in [0.15, 0.2) is 0 Å². The third-order valence-electron chi connectivity index (χ3n) is 6.46. The Morgan fingerprint density at radius 1 is 1.07 bits per heavy atom. The summed E-state index contributed by atoms with van der Waals surface area (Å²) in [5, 5.41) is 4.12. The molecule has 0 atom stereocenters. The molecule has 0 bridgehead atoms. The Hall–Kier alpha value is -0.990. The van der Waals surface area contributed by atoms with Gasteiger partial charge < -0.3 is 10.2 Å². The predicted octanol–water partition coefficient (Wildman–Crippen LogP) is 4.81. The summed E-state index contributed by atoms with van der Waals surface area (Å²) < 4.78 is 26.1. The van der Waals surface area contributed by atoms with Crippen molar-refractivity contribution in [3.63, 3.8) is 0 Å². The first-order valence-corrected chi connectivity index (χ1v) is 13.9. The molecule has 0 aromatic carbocycles. The minimum absolute atomic E-state index is 0.00727. The van der Waals surface area contributed by atoms with Crippen LogP contribution in [0.4, 0.5) is 4.79 Å². The fraction of sp³-hybridized carbons (Fsp3) is 0.773. The predicted molar refractivity (Wildman–Crippen MR) is 125 cm³/mol. The lowest BCUT2D eigenvalue weighted by atomic mass is 9.99. The van der Waals surface area contributed by atoms with Gasteiger partial charge in [-0.05, 0) is 57.3 Å². The third kappa shape index (κ3) is 6.26. The van der Waals surface area contributed by atoms with E-state index in [1.165, 1.54) is 17.7 Å². The molecule has 0 spiro atoms. The van der Waals surface area contributed by atoms with Crippen molar-refractivity contribution in [2.45, 2.75) is 90.1 Å². The molecule has 2 amide bonds. The summed E-state index contributed by atoms with van der Waals surface area (Å²) in [5.41, 5.74) is 0. The number of thioether (sulfide) groups is 1. The summed E-state index contributed by atoms with van der Waals surface area (Å²) in [4.78, 5) is 16.8. The van der Waals surface area contributed by atoms with Gasteiger partial charge in [0.1, 0.15) is 0 Å². The van der Waals surface area contributed by atoms with Crippen molar-refractivity contribution < 1.29 is 13.2 Å². The van der Waals surface area contributed by atoms with Crippen molar-refractivity contribution in [3.05, 3.63) is 22.1 Å². The van der Waals surface area contributed by atoms with E-state index >= 15 is 0 Å². The summed E-state index contributed by atoms with van der Waals surface area (Å²) in [7, 11) is -3.16. The molecule has 1 N–H and O–H groups in total. The van der Waals surface area contributed by atoms with Crippen LogP contribution in [0.2, 0.25) is 0 Å². The van der Waals surface area contributed by atoms with Crippen LogP contribution in [-0.4, -0.2) is 54.6 Å². The quantitative estimate of drug-likeness (QED) is 0.604. The molecule has 3 aliphatic rings. The number of rotatable bonds is 5. The number of piperidine rings is 1. The van der Waals surface area contributed by atoms with Crippen LogP contribution in [0.15, 0.2) is 22.1 Å². The average Bonchev–Trinajstić information content (AvgIpc) is 3.11. The minimum atomic E-state index is -3.16. The van der Waals surface area contributed by atoms with E-state index in [1.807, 2.05) is 0 Å². The second-order valence-electron chi connectivity index (χ2n) is 8.58. The molecule has 1 aliphatic carbocycles. The molecule has 170 valence electrons. The summed E-state index contributed by atoms with van der Waals surface area (Å²) in [5.74, 6) is 0.142. The van der Waals surface area contributed by atoms with E-state index in [0.717, 1.165) is 43.6 Å². The van der Waals surface area contributed by atoms with Gasteiger partial charge in [0.05, 0.1) is 10.8 Å². The van der Waals surface area contributed by atoms with Crippen LogP contribution in [0.5, 0.6) is 0 Å². The molecule has 2 aliphatic heterocycles. The highest BCUT2D eigenvalue weighted by Crippen LogP contribution is 2.31. The van der Waals surface area contributed by atoms with Gasteiger partial charge >= 0.3 is 6.03 Å². The molecule has 8 heteroatoms. The number of allylic oxidation sites excluding steroid dienone is 3. The van der Waals surface area contributed by atoms with Crippen LogP contribution >= 0.6 is 11.8 Å². The monoisotopic (exact) mass is 455 g/mol. The normalized spacial score (nSPS) is 23.1. The number of urea groups is 1. The molecule has 2 fully saturated rings. The lowest BCUT2D eigenvalue weighted by Gasteiger charge is -2.42. The lowest BCUT2D eigenvalue weighted by Crippen LogP contribution is -2.55. The first-order valence-electron chi connectivity index (χ1n) is 11.5. The smallest absolute Gasteiger partial charge is 0.318 e. The molecular formula is C22H37N3O3S2. The SMILES string of the molecule is CCS(=O)(=O)N1CCC(N(C(=O)NC2=CCCC=C(C)S2)C2CCCCCC2)CC1. The van der Waals surface area contributed by atoms with Crippen LogP contribution in [0.3, 0.4) is 0 Å². The van der Waals surface area contributed by atoms with E-state index < -0.39 is 10.0 Å². The highest BCUT2D eigenvalue weighted by molar-refractivity contribution is 8.06. The zero-order chi connectivity index (χ0) is 21.6. The molecule has 2 heterocycles. The van der Waals surface area contributed by atoms with Gasteiger partial charge in [0, 0.05) is 25.2 Å². The molecule has 1 saturated heterocycles. The van der Waals surface area contributed by atoms with Crippen molar-refractivity contribution >= 4 is 27.8 Å². The summed E-state index contributed by atoms with van der Waals surface area (Å²) in [6.07, 6.45) is 14.6. The summed E-state index contributed by atoms with van der Waals surface area (Å²) in [6.45, 7) is 4.80. The zero-order valence-corrected chi connectivity index (χ0v) is 20.1. The van der Waals surface area contributed by atoms with Crippen LogP contribution in [0.1, 0.15) is 78.1 Å². The standard InChI is InChI=1S/C22H37N3O3S2/c1-3-30(27,28)24-16-14-20(15-17-24)25(19-11-6-4-5-7-12-19)22(26)23-21-13-9-8-10-18(2)29-21/h10,13,19-20H,3-9,11-12,14-17H2,1-2H3,(H,23,26). The number of hydrogen-bond donors (Lipinski definition) is 1. The average molecular weight is 456 g/mol. The van der Waals surface area contributed by atoms with Gasteiger partial charge in [0.2, 0.25) is 10.0 Å². The Kier molecular flexibility index (Phi) is 8.72. The number of carbonyl (C=O) groups excluding carboxylic acids is 1. The van der Waals surface area contributed by atoms with Crippen LogP contribution < -0.4 is 5.32 Å². The van der Waals surface area contributed by atoms with Gasteiger partial charge in [-0.1, -0.05) is 49.6 Å². The Morgan fingerprint density at radius 2 is 1.67 bits per heavy atom. The maximum Gasteiger partial charge on any atom is 0.322 e. The van der Waals surface area contributed by atoms with Crippen molar-refractivity contribution in [2.75, 3.05) is 18.8 Å². The molecular weight excluding hydrogens is 418 g/mol.